The molecule has 8 nitrogen and oxygen atoms in total. The average Bonchev–Trinajstić information content (AvgIpc) is 3.48. The molecule has 0 aliphatic heterocycles. The minimum absolute atomic E-state index is 0.00483. The lowest BCUT2D eigenvalue weighted by Crippen LogP contribution is -2.52. The van der Waals surface area contributed by atoms with Gasteiger partial charge in [0.25, 0.3) is 10.0 Å². The molecule has 2 amide bonds. The van der Waals surface area contributed by atoms with E-state index >= 15 is 0 Å². The van der Waals surface area contributed by atoms with Crippen LogP contribution in [-0.2, 0) is 26.2 Å². The molecule has 11 heteroatoms. The fraction of sp³-hybridized carbons (Fsp3) is 0.355. The summed E-state index contributed by atoms with van der Waals surface area (Å²) in [5.41, 5.74) is 1.19. The van der Waals surface area contributed by atoms with Gasteiger partial charge < -0.3 is 15.0 Å². The van der Waals surface area contributed by atoms with Crippen LogP contribution in [0.1, 0.15) is 43.7 Å². The third-order valence-corrected chi connectivity index (χ3v) is 9.56. The van der Waals surface area contributed by atoms with Crippen LogP contribution < -0.4 is 14.4 Å². The second kappa shape index (κ2) is 13.6. The molecule has 3 aromatic carbocycles. The Labute approximate surface area is 251 Å². The van der Waals surface area contributed by atoms with Crippen molar-refractivity contribution in [1.29, 1.82) is 0 Å². The number of benzene rings is 3. The van der Waals surface area contributed by atoms with Crippen molar-refractivity contribution in [3.05, 3.63) is 88.7 Å². The van der Waals surface area contributed by atoms with Gasteiger partial charge in [0, 0.05) is 18.2 Å². The molecule has 1 atom stereocenters. The summed E-state index contributed by atoms with van der Waals surface area (Å²) in [7, 11) is -2.84. The van der Waals surface area contributed by atoms with E-state index < -0.39 is 34.3 Å². The van der Waals surface area contributed by atoms with Crippen LogP contribution in [0.5, 0.6) is 5.75 Å². The highest BCUT2D eigenvalue weighted by molar-refractivity contribution is 7.92. The third kappa shape index (κ3) is 7.22. The van der Waals surface area contributed by atoms with Crippen molar-refractivity contribution in [2.45, 2.75) is 63.1 Å². The summed E-state index contributed by atoms with van der Waals surface area (Å²) >= 11 is 6.35. The van der Waals surface area contributed by atoms with E-state index in [1.807, 2.05) is 6.92 Å². The van der Waals surface area contributed by atoms with Crippen LogP contribution >= 0.6 is 11.6 Å². The maximum absolute atomic E-state index is 14.7. The highest BCUT2D eigenvalue weighted by Gasteiger charge is 2.34. The van der Waals surface area contributed by atoms with Crippen molar-refractivity contribution in [2.75, 3.05) is 18.0 Å². The fourth-order valence-corrected chi connectivity index (χ4v) is 6.62. The predicted molar refractivity (Wildman–Crippen MR) is 161 cm³/mol. The maximum atomic E-state index is 14.7. The fourth-order valence-electron chi connectivity index (χ4n) is 4.96. The Morgan fingerprint density at radius 1 is 1.07 bits per heavy atom. The number of halogens is 2. The highest BCUT2D eigenvalue weighted by Crippen LogP contribution is 2.32. The first-order chi connectivity index (χ1) is 20.0. The average molecular weight is 616 g/mol. The van der Waals surface area contributed by atoms with Gasteiger partial charge in [-0.3, -0.25) is 13.9 Å². The number of carbonyl (C=O) groups excluding carboxylic acids is 2. The number of carbonyl (C=O) groups is 2. The second-order valence-electron chi connectivity index (χ2n) is 10.4. The summed E-state index contributed by atoms with van der Waals surface area (Å²) in [6, 6.07) is 15.6. The number of hydrogen-bond donors (Lipinski definition) is 1. The molecule has 1 saturated carbocycles. The highest BCUT2D eigenvalue weighted by atomic mass is 35.5. The van der Waals surface area contributed by atoms with E-state index in [1.165, 1.54) is 60.5 Å². The maximum Gasteiger partial charge on any atom is 0.264 e. The summed E-state index contributed by atoms with van der Waals surface area (Å²) in [5, 5.41) is 3.14. The molecule has 0 spiro atoms. The van der Waals surface area contributed by atoms with E-state index in [4.69, 9.17) is 16.3 Å². The molecule has 0 unspecified atom stereocenters. The van der Waals surface area contributed by atoms with Crippen LogP contribution in [-0.4, -0.2) is 50.9 Å². The number of hydrogen-bond acceptors (Lipinski definition) is 5. The Balaban J connectivity index is 1.72. The Hall–Kier alpha value is -3.63. The summed E-state index contributed by atoms with van der Waals surface area (Å²) in [5.74, 6) is -1.27. The van der Waals surface area contributed by atoms with Gasteiger partial charge in [0.2, 0.25) is 11.8 Å². The van der Waals surface area contributed by atoms with Crippen molar-refractivity contribution >= 4 is 39.1 Å². The number of ether oxygens (including phenoxy) is 1. The van der Waals surface area contributed by atoms with E-state index in [1.54, 1.807) is 25.1 Å². The summed E-state index contributed by atoms with van der Waals surface area (Å²) < 4.78 is 48.8. The van der Waals surface area contributed by atoms with Crippen LogP contribution in [0.2, 0.25) is 5.02 Å². The number of amides is 2. The Bertz CT molecular complexity index is 1530. The molecule has 1 fully saturated rings. The Morgan fingerprint density at radius 3 is 2.36 bits per heavy atom. The van der Waals surface area contributed by atoms with E-state index in [-0.39, 0.29) is 39.7 Å². The van der Waals surface area contributed by atoms with Gasteiger partial charge in [0.15, 0.2) is 0 Å². The van der Waals surface area contributed by atoms with Gasteiger partial charge in [-0.15, -0.1) is 0 Å². The monoisotopic (exact) mass is 615 g/mol. The number of nitrogens with one attached hydrogen (secondary N) is 1. The number of sulfonamides is 1. The quantitative estimate of drug-likeness (QED) is 0.309. The molecular weight excluding hydrogens is 581 g/mol. The van der Waals surface area contributed by atoms with Crippen molar-refractivity contribution < 1.29 is 27.1 Å². The zero-order valence-electron chi connectivity index (χ0n) is 23.8. The van der Waals surface area contributed by atoms with Gasteiger partial charge in [0.05, 0.1) is 22.7 Å². The van der Waals surface area contributed by atoms with Crippen molar-refractivity contribution in [3.63, 3.8) is 0 Å². The van der Waals surface area contributed by atoms with E-state index in [2.05, 4.69) is 5.32 Å². The topological polar surface area (TPSA) is 96.0 Å². The minimum Gasteiger partial charge on any atom is -0.495 e. The van der Waals surface area contributed by atoms with E-state index in [0.717, 1.165) is 35.6 Å². The van der Waals surface area contributed by atoms with Gasteiger partial charge in [-0.1, -0.05) is 60.3 Å². The van der Waals surface area contributed by atoms with Crippen molar-refractivity contribution in [2.24, 2.45) is 0 Å². The summed E-state index contributed by atoms with van der Waals surface area (Å²) in [4.78, 5) is 28.5. The van der Waals surface area contributed by atoms with Gasteiger partial charge in [0.1, 0.15) is 24.2 Å². The first-order valence-corrected chi connectivity index (χ1v) is 15.6. The van der Waals surface area contributed by atoms with Crippen molar-refractivity contribution in [1.82, 2.24) is 10.2 Å². The lowest BCUT2D eigenvalue weighted by Gasteiger charge is -2.32. The first kappa shape index (κ1) is 31.3. The van der Waals surface area contributed by atoms with Crippen LogP contribution in [0.15, 0.2) is 71.6 Å². The number of methoxy groups -OCH3 is 1. The Morgan fingerprint density at radius 2 is 1.74 bits per heavy atom. The lowest BCUT2D eigenvalue weighted by atomic mass is 10.1. The largest absolute Gasteiger partial charge is 0.495 e. The number of anilines is 1. The molecule has 4 rings (SSSR count). The zero-order chi connectivity index (χ0) is 30.4. The van der Waals surface area contributed by atoms with Crippen LogP contribution in [0.25, 0.3) is 0 Å². The molecule has 1 aliphatic rings. The molecule has 0 saturated heterocycles. The predicted octanol–water partition coefficient (Wildman–Crippen LogP) is 5.47. The molecule has 1 N–H and O–H groups in total. The molecule has 1 aliphatic carbocycles. The smallest absolute Gasteiger partial charge is 0.264 e. The molecular formula is C31H35ClFN3O5S. The molecule has 224 valence electrons. The van der Waals surface area contributed by atoms with E-state index in [0.29, 0.717) is 5.75 Å². The molecule has 0 bridgehead atoms. The van der Waals surface area contributed by atoms with Gasteiger partial charge >= 0.3 is 0 Å². The van der Waals surface area contributed by atoms with Gasteiger partial charge in [-0.05, 0) is 63.1 Å². The number of nitrogens with zero attached hydrogens (tertiary/aromatic N) is 2. The third-order valence-electron chi connectivity index (χ3n) is 7.48. The first-order valence-electron chi connectivity index (χ1n) is 13.8. The van der Waals surface area contributed by atoms with Gasteiger partial charge in [-0.25, -0.2) is 12.8 Å². The van der Waals surface area contributed by atoms with Crippen LogP contribution in [0, 0.1) is 12.7 Å². The number of aryl methyl sites for hydroxylation is 1. The number of rotatable bonds is 11. The minimum atomic E-state index is -4.27. The van der Waals surface area contributed by atoms with Crippen LogP contribution in [0.3, 0.4) is 0 Å². The molecule has 0 aromatic heterocycles. The van der Waals surface area contributed by atoms with Crippen molar-refractivity contribution in [3.8, 4) is 5.75 Å². The van der Waals surface area contributed by atoms with Crippen LogP contribution in [0.4, 0.5) is 10.1 Å². The zero-order valence-corrected chi connectivity index (χ0v) is 25.4. The summed E-state index contributed by atoms with van der Waals surface area (Å²) in [6.07, 6.45) is 3.71. The molecule has 42 heavy (non-hydrogen) atoms. The molecule has 0 heterocycles. The standard InChI is InChI=1S/C31H35ClFN3O5S/c1-21-12-15-26(16-13-21)42(39,40)36(25-14-17-29(41-3)27(32)18-25)20-30(37)35(19-23-8-4-7-11-28(23)33)22(2)31(38)34-24-9-5-6-10-24/h4,7-8,11-18,22,24H,5-6,9-10,19-20H2,1-3H3,(H,34,38)/t22-/m1/s1. The second-order valence-corrected chi connectivity index (χ2v) is 12.7. The molecule has 0 radical (unpaired) electrons. The summed E-state index contributed by atoms with van der Waals surface area (Å²) in [6.45, 7) is 2.51. The Kier molecular flexibility index (Phi) is 10.1. The van der Waals surface area contributed by atoms with Gasteiger partial charge in [-0.2, -0.15) is 0 Å². The SMILES string of the molecule is COc1ccc(N(CC(=O)N(Cc2ccccc2F)[C@H](C)C(=O)NC2CCCC2)S(=O)(=O)c2ccc(C)cc2)cc1Cl. The lowest BCUT2D eigenvalue weighted by molar-refractivity contribution is -0.139. The molecule has 3 aromatic rings. The van der Waals surface area contributed by atoms with E-state index in [9.17, 15) is 22.4 Å². The normalized spacial score (nSPS) is 14.3.